The van der Waals surface area contributed by atoms with Crippen molar-refractivity contribution in [3.63, 3.8) is 0 Å². The number of likely N-dealkylation sites (tertiary alicyclic amines) is 1. The van der Waals surface area contributed by atoms with Crippen LogP contribution in [0, 0.1) is 0 Å². The van der Waals surface area contributed by atoms with Gasteiger partial charge in [0, 0.05) is 19.0 Å². The molecule has 15 heavy (non-hydrogen) atoms. The van der Waals surface area contributed by atoms with Crippen molar-refractivity contribution in [2.75, 3.05) is 6.54 Å². The fourth-order valence-corrected chi connectivity index (χ4v) is 1.81. The first-order chi connectivity index (χ1) is 7.06. The summed E-state index contributed by atoms with van der Waals surface area (Å²) in [5.41, 5.74) is 5.67. The van der Waals surface area contributed by atoms with Gasteiger partial charge in [-0.2, -0.15) is 0 Å². The summed E-state index contributed by atoms with van der Waals surface area (Å²) in [6.45, 7) is 2.46. The van der Waals surface area contributed by atoms with Crippen molar-refractivity contribution in [1.82, 2.24) is 4.90 Å². The summed E-state index contributed by atoms with van der Waals surface area (Å²) in [6.07, 6.45) is 2.31. The number of carboxylic acid groups (broad SMARTS) is 1. The zero-order chi connectivity index (χ0) is 11.4. The molecule has 0 bridgehead atoms. The van der Waals surface area contributed by atoms with Crippen LogP contribution in [0.15, 0.2) is 0 Å². The lowest BCUT2D eigenvalue weighted by Crippen LogP contribution is -2.42. The summed E-state index contributed by atoms with van der Waals surface area (Å²) in [5.74, 6) is -1.04. The maximum Gasteiger partial charge on any atom is 0.326 e. The quantitative estimate of drug-likeness (QED) is 0.699. The van der Waals surface area contributed by atoms with E-state index in [4.69, 9.17) is 10.8 Å². The number of carbonyl (C=O) groups excluding carboxylic acids is 1. The van der Waals surface area contributed by atoms with Crippen LogP contribution < -0.4 is 5.73 Å². The molecule has 1 heterocycles. The van der Waals surface area contributed by atoms with Gasteiger partial charge in [-0.25, -0.2) is 4.79 Å². The molecular formula is C10H18N2O3. The molecule has 1 amide bonds. The van der Waals surface area contributed by atoms with E-state index in [0.29, 0.717) is 13.0 Å². The lowest BCUT2D eigenvalue weighted by molar-refractivity contribution is -0.148. The minimum Gasteiger partial charge on any atom is -0.480 e. The van der Waals surface area contributed by atoms with Gasteiger partial charge < -0.3 is 15.7 Å². The molecule has 5 heteroatoms. The van der Waals surface area contributed by atoms with Crippen molar-refractivity contribution in [2.45, 2.75) is 44.7 Å². The van der Waals surface area contributed by atoms with Gasteiger partial charge in [0.1, 0.15) is 6.04 Å². The number of amides is 1. The average molecular weight is 214 g/mol. The first-order valence-electron chi connectivity index (χ1n) is 5.34. The Bertz CT molecular complexity index is 255. The number of nitrogens with two attached hydrogens (primary N) is 1. The van der Waals surface area contributed by atoms with E-state index in [0.717, 1.165) is 12.8 Å². The van der Waals surface area contributed by atoms with Gasteiger partial charge in [0.05, 0.1) is 0 Å². The van der Waals surface area contributed by atoms with E-state index in [-0.39, 0.29) is 18.4 Å². The van der Waals surface area contributed by atoms with Crippen LogP contribution in [-0.2, 0) is 9.59 Å². The SMILES string of the molecule is CCC(N)CC(=O)N1CCC[C@@H]1C(=O)O. The summed E-state index contributed by atoms with van der Waals surface area (Å²) < 4.78 is 0. The van der Waals surface area contributed by atoms with Crippen LogP contribution in [0.5, 0.6) is 0 Å². The Morgan fingerprint density at radius 2 is 2.27 bits per heavy atom. The van der Waals surface area contributed by atoms with E-state index in [1.807, 2.05) is 6.92 Å². The van der Waals surface area contributed by atoms with Crippen LogP contribution in [-0.4, -0.2) is 40.5 Å². The Balaban J connectivity index is 2.55. The molecule has 0 saturated carbocycles. The highest BCUT2D eigenvalue weighted by Crippen LogP contribution is 2.18. The van der Waals surface area contributed by atoms with Gasteiger partial charge in [-0.1, -0.05) is 6.92 Å². The molecule has 0 spiro atoms. The van der Waals surface area contributed by atoms with Crippen molar-refractivity contribution in [3.8, 4) is 0 Å². The smallest absolute Gasteiger partial charge is 0.326 e. The standard InChI is InChI=1S/C10H18N2O3/c1-2-7(11)6-9(13)12-5-3-4-8(12)10(14)15/h7-8H,2-6,11H2,1H3,(H,14,15)/t7?,8-/m1/s1. The summed E-state index contributed by atoms with van der Waals surface area (Å²) in [6, 6.07) is -0.797. The highest BCUT2D eigenvalue weighted by molar-refractivity contribution is 5.84. The molecule has 5 nitrogen and oxygen atoms in total. The molecule has 3 N–H and O–H groups in total. The summed E-state index contributed by atoms with van der Waals surface area (Å²) in [5, 5.41) is 8.90. The molecule has 0 aromatic rings. The zero-order valence-electron chi connectivity index (χ0n) is 8.98. The molecule has 86 valence electrons. The van der Waals surface area contributed by atoms with Gasteiger partial charge in [-0.3, -0.25) is 4.79 Å². The fourth-order valence-electron chi connectivity index (χ4n) is 1.81. The van der Waals surface area contributed by atoms with Gasteiger partial charge in [0.25, 0.3) is 0 Å². The highest BCUT2D eigenvalue weighted by atomic mass is 16.4. The van der Waals surface area contributed by atoms with Crippen LogP contribution in [0.1, 0.15) is 32.6 Å². The first kappa shape index (κ1) is 12.0. The van der Waals surface area contributed by atoms with Crippen LogP contribution >= 0.6 is 0 Å². The van der Waals surface area contributed by atoms with E-state index >= 15 is 0 Å². The molecule has 1 rings (SSSR count). The second kappa shape index (κ2) is 5.11. The summed E-state index contributed by atoms with van der Waals surface area (Å²) in [7, 11) is 0. The molecule has 1 saturated heterocycles. The van der Waals surface area contributed by atoms with Gasteiger partial charge in [-0.15, -0.1) is 0 Å². The molecule has 1 aliphatic rings. The minimum atomic E-state index is -0.911. The number of rotatable bonds is 4. The Labute approximate surface area is 89.2 Å². The van der Waals surface area contributed by atoms with Crippen LogP contribution in [0.25, 0.3) is 0 Å². The Hall–Kier alpha value is -1.10. The minimum absolute atomic E-state index is 0.130. The van der Waals surface area contributed by atoms with Crippen molar-refractivity contribution in [2.24, 2.45) is 5.73 Å². The third kappa shape index (κ3) is 2.92. The van der Waals surface area contributed by atoms with Gasteiger partial charge in [-0.05, 0) is 19.3 Å². The lowest BCUT2D eigenvalue weighted by atomic mass is 10.1. The predicted octanol–water partition coefficient (Wildman–Crippen LogP) is 0.189. The molecule has 1 fully saturated rings. The largest absolute Gasteiger partial charge is 0.480 e. The molecule has 1 aliphatic heterocycles. The van der Waals surface area contributed by atoms with Gasteiger partial charge >= 0.3 is 5.97 Å². The maximum atomic E-state index is 11.7. The molecule has 0 aromatic carbocycles. The zero-order valence-corrected chi connectivity index (χ0v) is 8.98. The maximum absolute atomic E-state index is 11.7. The number of carboxylic acids is 1. The monoisotopic (exact) mass is 214 g/mol. The normalized spacial score (nSPS) is 22.8. The van der Waals surface area contributed by atoms with Crippen molar-refractivity contribution in [3.05, 3.63) is 0 Å². The average Bonchev–Trinajstić information content (AvgIpc) is 2.65. The molecule has 1 unspecified atom stereocenters. The Morgan fingerprint density at radius 1 is 1.60 bits per heavy atom. The lowest BCUT2D eigenvalue weighted by Gasteiger charge is -2.22. The second-order valence-electron chi connectivity index (χ2n) is 3.96. The Kier molecular flexibility index (Phi) is 4.08. The molecule has 0 radical (unpaired) electrons. The number of carbonyl (C=O) groups is 2. The topological polar surface area (TPSA) is 83.6 Å². The van der Waals surface area contributed by atoms with E-state index in [2.05, 4.69) is 0 Å². The number of nitrogens with zero attached hydrogens (tertiary/aromatic N) is 1. The van der Waals surface area contributed by atoms with Crippen LogP contribution in [0.4, 0.5) is 0 Å². The number of hydrogen-bond acceptors (Lipinski definition) is 3. The summed E-state index contributed by atoms with van der Waals surface area (Å²) in [4.78, 5) is 24.0. The van der Waals surface area contributed by atoms with Gasteiger partial charge in [0.15, 0.2) is 0 Å². The Morgan fingerprint density at radius 3 is 2.80 bits per heavy atom. The van der Waals surface area contributed by atoms with Gasteiger partial charge in [0.2, 0.25) is 5.91 Å². The number of aliphatic carboxylic acids is 1. The van der Waals surface area contributed by atoms with E-state index in [1.54, 1.807) is 0 Å². The van der Waals surface area contributed by atoms with Crippen molar-refractivity contribution < 1.29 is 14.7 Å². The van der Waals surface area contributed by atoms with E-state index in [9.17, 15) is 9.59 Å². The fraction of sp³-hybridized carbons (Fsp3) is 0.800. The van der Waals surface area contributed by atoms with Crippen molar-refractivity contribution in [1.29, 1.82) is 0 Å². The molecular weight excluding hydrogens is 196 g/mol. The molecule has 0 aromatic heterocycles. The third-order valence-corrected chi connectivity index (χ3v) is 2.82. The molecule has 2 atom stereocenters. The first-order valence-corrected chi connectivity index (χ1v) is 5.34. The second-order valence-corrected chi connectivity index (χ2v) is 3.96. The van der Waals surface area contributed by atoms with Crippen LogP contribution in [0.3, 0.4) is 0 Å². The van der Waals surface area contributed by atoms with E-state index < -0.39 is 12.0 Å². The predicted molar refractivity (Wildman–Crippen MR) is 55.3 cm³/mol. The van der Waals surface area contributed by atoms with E-state index in [1.165, 1.54) is 4.90 Å². The van der Waals surface area contributed by atoms with Crippen LogP contribution in [0.2, 0.25) is 0 Å². The highest BCUT2D eigenvalue weighted by Gasteiger charge is 2.33. The molecule has 0 aliphatic carbocycles. The third-order valence-electron chi connectivity index (χ3n) is 2.82. The summed E-state index contributed by atoms with van der Waals surface area (Å²) >= 11 is 0. The van der Waals surface area contributed by atoms with Crippen molar-refractivity contribution >= 4 is 11.9 Å². The number of hydrogen-bond donors (Lipinski definition) is 2.